The van der Waals surface area contributed by atoms with E-state index in [1.165, 1.54) is 0 Å². The summed E-state index contributed by atoms with van der Waals surface area (Å²) in [6.07, 6.45) is -0.208. The highest BCUT2D eigenvalue weighted by Crippen LogP contribution is 2.15. The number of benzene rings is 2. The number of ether oxygens (including phenoxy) is 2. The van der Waals surface area contributed by atoms with Crippen molar-refractivity contribution in [3.8, 4) is 0 Å². The van der Waals surface area contributed by atoms with Crippen molar-refractivity contribution >= 4 is 29.2 Å². The summed E-state index contributed by atoms with van der Waals surface area (Å²) in [6.45, 7) is 3.12. The molecule has 0 fully saturated rings. The number of carbonyl (C=O) groups is 3. The van der Waals surface area contributed by atoms with E-state index in [1.54, 1.807) is 56.3 Å². The molecule has 0 saturated carbocycles. The third-order valence-electron chi connectivity index (χ3n) is 3.68. The number of nitrogens with zero attached hydrogens (tertiary/aromatic N) is 1. The van der Waals surface area contributed by atoms with E-state index in [0.717, 1.165) is 5.69 Å². The Labute approximate surface area is 164 Å². The minimum Gasteiger partial charge on any atom is -0.459 e. The van der Waals surface area contributed by atoms with E-state index in [0.29, 0.717) is 16.8 Å². The van der Waals surface area contributed by atoms with Gasteiger partial charge in [-0.1, -0.05) is 6.07 Å². The quantitative estimate of drug-likeness (QED) is 0.739. The first-order valence-corrected chi connectivity index (χ1v) is 8.81. The summed E-state index contributed by atoms with van der Waals surface area (Å²) in [5.74, 6) is -1.48. The van der Waals surface area contributed by atoms with Gasteiger partial charge in [-0.2, -0.15) is 0 Å². The number of hydrogen-bond donors (Lipinski definition) is 1. The molecule has 148 valence electrons. The molecule has 28 heavy (non-hydrogen) atoms. The molecule has 0 heterocycles. The van der Waals surface area contributed by atoms with Gasteiger partial charge in [0.2, 0.25) is 0 Å². The molecule has 0 saturated heterocycles. The SMILES string of the molecule is CC(C)OC(=O)c1ccc(NC(=O)COC(=O)c2cccc(N(C)C)c2)cc1. The molecule has 0 aliphatic carbocycles. The number of rotatable bonds is 7. The zero-order valence-corrected chi connectivity index (χ0v) is 16.4. The van der Waals surface area contributed by atoms with Crippen LogP contribution in [-0.4, -0.2) is 44.7 Å². The highest BCUT2D eigenvalue weighted by atomic mass is 16.5. The Morgan fingerprint density at radius 3 is 2.25 bits per heavy atom. The number of nitrogens with one attached hydrogen (secondary N) is 1. The topological polar surface area (TPSA) is 84.9 Å². The highest BCUT2D eigenvalue weighted by Gasteiger charge is 2.12. The lowest BCUT2D eigenvalue weighted by Crippen LogP contribution is -2.21. The van der Waals surface area contributed by atoms with Crippen LogP contribution in [0.15, 0.2) is 48.5 Å². The molecule has 2 aromatic carbocycles. The first-order chi connectivity index (χ1) is 13.3. The van der Waals surface area contributed by atoms with Gasteiger partial charge in [0.25, 0.3) is 5.91 Å². The van der Waals surface area contributed by atoms with Gasteiger partial charge in [-0.15, -0.1) is 0 Å². The Morgan fingerprint density at radius 2 is 1.64 bits per heavy atom. The summed E-state index contributed by atoms with van der Waals surface area (Å²) in [7, 11) is 3.73. The van der Waals surface area contributed by atoms with Crippen LogP contribution in [0.25, 0.3) is 0 Å². The van der Waals surface area contributed by atoms with E-state index in [4.69, 9.17) is 9.47 Å². The highest BCUT2D eigenvalue weighted by molar-refractivity contribution is 5.96. The monoisotopic (exact) mass is 384 g/mol. The Morgan fingerprint density at radius 1 is 0.964 bits per heavy atom. The summed E-state index contributed by atoms with van der Waals surface area (Å²) in [5, 5.41) is 2.61. The summed E-state index contributed by atoms with van der Waals surface area (Å²) in [5.41, 5.74) is 2.10. The minimum absolute atomic E-state index is 0.208. The van der Waals surface area contributed by atoms with E-state index in [9.17, 15) is 14.4 Å². The molecule has 1 N–H and O–H groups in total. The van der Waals surface area contributed by atoms with Gasteiger partial charge in [-0.3, -0.25) is 4.79 Å². The van der Waals surface area contributed by atoms with Gasteiger partial charge in [0.15, 0.2) is 6.61 Å². The fraction of sp³-hybridized carbons (Fsp3) is 0.286. The van der Waals surface area contributed by atoms with Crippen molar-refractivity contribution in [2.45, 2.75) is 20.0 Å². The molecule has 0 aliphatic rings. The fourth-order valence-corrected chi connectivity index (χ4v) is 2.29. The van der Waals surface area contributed by atoms with Crippen LogP contribution in [0.2, 0.25) is 0 Å². The molecule has 0 bridgehead atoms. The van der Waals surface area contributed by atoms with E-state index in [-0.39, 0.29) is 6.10 Å². The van der Waals surface area contributed by atoms with Gasteiger partial charge < -0.3 is 19.7 Å². The molecule has 0 radical (unpaired) electrons. The standard InChI is InChI=1S/C21H24N2O5/c1-14(2)28-21(26)15-8-10-17(11-9-15)22-19(24)13-27-20(25)16-6-5-7-18(12-16)23(3)4/h5-12,14H,13H2,1-4H3,(H,22,24). The maximum Gasteiger partial charge on any atom is 0.338 e. The summed E-state index contributed by atoms with van der Waals surface area (Å²) >= 11 is 0. The lowest BCUT2D eigenvalue weighted by Gasteiger charge is -2.13. The zero-order chi connectivity index (χ0) is 20.7. The second-order valence-corrected chi connectivity index (χ2v) is 6.60. The molecule has 1 amide bonds. The summed E-state index contributed by atoms with van der Waals surface area (Å²) in [4.78, 5) is 37.8. The normalized spacial score (nSPS) is 10.3. The van der Waals surface area contributed by atoms with Crippen molar-refractivity contribution in [3.05, 3.63) is 59.7 Å². The minimum atomic E-state index is -0.578. The maximum atomic E-state index is 12.1. The molecule has 0 unspecified atom stereocenters. The third kappa shape index (κ3) is 6.12. The number of hydrogen-bond acceptors (Lipinski definition) is 6. The Hall–Kier alpha value is -3.35. The Kier molecular flexibility index (Phi) is 7.14. The molecule has 2 aromatic rings. The van der Waals surface area contributed by atoms with E-state index >= 15 is 0 Å². The van der Waals surface area contributed by atoms with Gasteiger partial charge in [0.05, 0.1) is 17.2 Å². The van der Waals surface area contributed by atoms with Crippen molar-refractivity contribution in [1.82, 2.24) is 0 Å². The Bertz CT molecular complexity index is 844. The average molecular weight is 384 g/mol. The van der Waals surface area contributed by atoms with Crippen LogP contribution in [0.1, 0.15) is 34.6 Å². The molecule has 2 rings (SSSR count). The van der Waals surface area contributed by atoms with Crippen LogP contribution in [0, 0.1) is 0 Å². The van der Waals surface area contributed by atoms with Crippen molar-refractivity contribution in [2.24, 2.45) is 0 Å². The van der Waals surface area contributed by atoms with Crippen molar-refractivity contribution in [1.29, 1.82) is 0 Å². The van der Waals surface area contributed by atoms with Crippen molar-refractivity contribution < 1.29 is 23.9 Å². The molecule has 7 nitrogen and oxygen atoms in total. The molecular formula is C21H24N2O5. The van der Waals surface area contributed by atoms with Crippen LogP contribution in [0.3, 0.4) is 0 Å². The van der Waals surface area contributed by atoms with Crippen LogP contribution in [-0.2, 0) is 14.3 Å². The largest absolute Gasteiger partial charge is 0.459 e. The molecule has 0 aromatic heterocycles. The first-order valence-electron chi connectivity index (χ1n) is 8.81. The smallest absolute Gasteiger partial charge is 0.338 e. The van der Waals surface area contributed by atoms with Crippen molar-refractivity contribution in [3.63, 3.8) is 0 Å². The van der Waals surface area contributed by atoms with Gasteiger partial charge in [-0.25, -0.2) is 9.59 Å². The zero-order valence-electron chi connectivity index (χ0n) is 16.4. The first kappa shape index (κ1) is 21.0. The summed E-state index contributed by atoms with van der Waals surface area (Å²) < 4.78 is 10.2. The van der Waals surface area contributed by atoms with Crippen molar-refractivity contribution in [2.75, 3.05) is 30.9 Å². The van der Waals surface area contributed by atoms with E-state index < -0.39 is 24.5 Å². The predicted octanol–water partition coefficient (Wildman–Crippen LogP) is 3.11. The number of carbonyl (C=O) groups excluding carboxylic acids is 3. The van der Waals surface area contributed by atoms with Gasteiger partial charge in [0.1, 0.15) is 0 Å². The number of amides is 1. The van der Waals surface area contributed by atoms with Gasteiger partial charge in [0, 0.05) is 25.5 Å². The number of anilines is 2. The van der Waals surface area contributed by atoms with Crippen LogP contribution in [0.5, 0.6) is 0 Å². The van der Waals surface area contributed by atoms with E-state index in [2.05, 4.69) is 5.32 Å². The fourth-order valence-electron chi connectivity index (χ4n) is 2.29. The predicted molar refractivity (Wildman–Crippen MR) is 107 cm³/mol. The van der Waals surface area contributed by atoms with Crippen LogP contribution < -0.4 is 10.2 Å². The number of esters is 2. The summed E-state index contributed by atoms with van der Waals surface area (Å²) in [6, 6.07) is 13.2. The second kappa shape index (κ2) is 9.55. The van der Waals surface area contributed by atoms with Crippen LogP contribution >= 0.6 is 0 Å². The molecule has 0 atom stereocenters. The molecule has 0 spiro atoms. The second-order valence-electron chi connectivity index (χ2n) is 6.60. The molecular weight excluding hydrogens is 360 g/mol. The van der Waals surface area contributed by atoms with E-state index in [1.807, 2.05) is 25.1 Å². The molecule has 7 heteroatoms. The lowest BCUT2D eigenvalue weighted by molar-refractivity contribution is -0.119. The van der Waals surface area contributed by atoms with Gasteiger partial charge >= 0.3 is 11.9 Å². The van der Waals surface area contributed by atoms with Crippen LogP contribution in [0.4, 0.5) is 11.4 Å². The maximum absolute atomic E-state index is 12.1. The third-order valence-corrected chi connectivity index (χ3v) is 3.68. The molecule has 0 aliphatic heterocycles. The Balaban J connectivity index is 1.87. The average Bonchev–Trinajstić information content (AvgIpc) is 2.66. The van der Waals surface area contributed by atoms with Gasteiger partial charge in [-0.05, 0) is 56.3 Å². The lowest BCUT2D eigenvalue weighted by atomic mass is 10.2.